The molecule has 2 heterocycles. The van der Waals surface area contributed by atoms with E-state index >= 15 is 0 Å². The van der Waals surface area contributed by atoms with E-state index in [-0.39, 0.29) is 29.1 Å². The van der Waals surface area contributed by atoms with Gasteiger partial charge in [-0.05, 0) is 25.0 Å². The van der Waals surface area contributed by atoms with Crippen LogP contribution in [-0.2, 0) is 4.79 Å². The summed E-state index contributed by atoms with van der Waals surface area (Å²) in [5.74, 6) is -1.70. The van der Waals surface area contributed by atoms with Crippen LogP contribution in [0.1, 0.15) is 33.8 Å². The topological polar surface area (TPSA) is 99.8 Å². The molecule has 0 spiro atoms. The van der Waals surface area contributed by atoms with Crippen molar-refractivity contribution in [2.75, 3.05) is 18.4 Å². The number of amides is 2. The monoisotopic (exact) mass is 342 g/mol. The molecule has 7 heteroatoms. The molecule has 0 unspecified atom stereocenters. The number of carbonyl (C=O) groups is 3. The molecule has 1 saturated heterocycles. The number of aromatic carboxylic acids is 1. The van der Waals surface area contributed by atoms with E-state index in [2.05, 4.69) is 5.32 Å². The molecule has 25 heavy (non-hydrogen) atoms. The lowest BCUT2D eigenvalue weighted by molar-refractivity contribution is -0.121. The Kier molecular flexibility index (Phi) is 4.83. The third kappa shape index (κ3) is 3.88. The first-order valence-electron chi connectivity index (χ1n) is 8.01. The maximum atomic E-state index is 12.3. The molecule has 0 radical (unpaired) electrons. The van der Waals surface area contributed by atoms with Crippen LogP contribution in [0.15, 0.2) is 47.1 Å². The van der Waals surface area contributed by atoms with Crippen molar-refractivity contribution in [1.29, 1.82) is 0 Å². The number of carboxylic acid groups (broad SMARTS) is 1. The van der Waals surface area contributed by atoms with Gasteiger partial charge in [-0.1, -0.05) is 18.2 Å². The predicted octanol–water partition coefficient (Wildman–Crippen LogP) is 2.47. The van der Waals surface area contributed by atoms with Crippen molar-refractivity contribution in [2.45, 2.75) is 12.8 Å². The summed E-state index contributed by atoms with van der Waals surface area (Å²) >= 11 is 0. The fraction of sp³-hybridized carbons (Fsp3) is 0.278. The normalized spacial score (nSPS) is 15.0. The van der Waals surface area contributed by atoms with Crippen molar-refractivity contribution < 1.29 is 23.9 Å². The third-order valence-corrected chi connectivity index (χ3v) is 4.25. The molecule has 0 aliphatic carbocycles. The van der Waals surface area contributed by atoms with Gasteiger partial charge in [0, 0.05) is 30.8 Å². The number of rotatable bonds is 4. The van der Waals surface area contributed by atoms with Gasteiger partial charge in [-0.2, -0.15) is 0 Å². The lowest BCUT2D eigenvalue weighted by atomic mass is 9.95. The smallest absolute Gasteiger partial charge is 0.338 e. The minimum Gasteiger partial charge on any atom is -0.478 e. The Bertz CT molecular complexity index is 776. The SMILES string of the molecule is O=C(O)c1coc(C(=O)N2CCC(C(=O)Nc3ccccc3)CC2)c1. The van der Waals surface area contributed by atoms with Crippen molar-refractivity contribution in [1.82, 2.24) is 4.90 Å². The van der Waals surface area contributed by atoms with Crippen molar-refractivity contribution >= 4 is 23.5 Å². The van der Waals surface area contributed by atoms with E-state index < -0.39 is 5.97 Å². The van der Waals surface area contributed by atoms with E-state index in [0.29, 0.717) is 25.9 Å². The largest absolute Gasteiger partial charge is 0.478 e. The lowest BCUT2D eigenvalue weighted by Crippen LogP contribution is -2.41. The minimum absolute atomic E-state index is 0.00425. The molecule has 2 N–H and O–H groups in total. The Morgan fingerprint density at radius 2 is 1.80 bits per heavy atom. The summed E-state index contributed by atoms with van der Waals surface area (Å²) in [6, 6.07) is 10.5. The zero-order valence-electron chi connectivity index (χ0n) is 13.5. The van der Waals surface area contributed by atoms with Gasteiger partial charge in [0.1, 0.15) is 6.26 Å². The first-order chi connectivity index (χ1) is 12.0. The van der Waals surface area contributed by atoms with Gasteiger partial charge >= 0.3 is 5.97 Å². The number of nitrogens with one attached hydrogen (secondary N) is 1. The standard InChI is InChI=1S/C18H18N2O5/c21-16(19-14-4-2-1-3-5-14)12-6-8-20(9-7-12)17(22)15-10-13(11-25-15)18(23)24/h1-5,10-12H,6-9H2,(H,19,21)(H,23,24). The molecule has 0 bridgehead atoms. The number of carboxylic acids is 1. The summed E-state index contributed by atoms with van der Waals surface area (Å²) < 4.78 is 5.04. The number of para-hydroxylation sites is 1. The Hall–Kier alpha value is -3.09. The first-order valence-corrected chi connectivity index (χ1v) is 8.01. The van der Waals surface area contributed by atoms with Crippen LogP contribution in [0.2, 0.25) is 0 Å². The summed E-state index contributed by atoms with van der Waals surface area (Å²) in [4.78, 5) is 37.1. The summed E-state index contributed by atoms with van der Waals surface area (Å²) in [6.07, 6.45) is 2.16. The van der Waals surface area contributed by atoms with Gasteiger partial charge in [0.25, 0.3) is 5.91 Å². The van der Waals surface area contributed by atoms with E-state index in [9.17, 15) is 14.4 Å². The van der Waals surface area contributed by atoms with Crippen LogP contribution in [-0.4, -0.2) is 40.9 Å². The van der Waals surface area contributed by atoms with Gasteiger partial charge in [0.15, 0.2) is 5.76 Å². The number of carbonyl (C=O) groups excluding carboxylic acids is 2. The number of likely N-dealkylation sites (tertiary alicyclic amines) is 1. The molecule has 2 amide bonds. The number of anilines is 1. The van der Waals surface area contributed by atoms with Crippen LogP contribution < -0.4 is 5.32 Å². The van der Waals surface area contributed by atoms with E-state index in [1.54, 1.807) is 4.90 Å². The van der Waals surface area contributed by atoms with Crippen LogP contribution in [0.5, 0.6) is 0 Å². The zero-order valence-corrected chi connectivity index (χ0v) is 13.5. The highest BCUT2D eigenvalue weighted by atomic mass is 16.4. The zero-order chi connectivity index (χ0) is 17.8. The number of nitrogens with zero attached hydrogens (tertiary/aromatic N) is 1. The average molecular weight is 342 g/mol. The van der Waals surface area contributed by atoms with Crippen LogP contribution in [0, 0.1) is 5.92 Å². The predicted molar refractivity (Wildman–Crippen MR) is 89.4 cm³/mol. The Morgan fingerprint density at radius 3 is 2.40 bits per heavy atom. The maximum absolute atomic E-state index is 12.3. The Morgan fingerprint density at radius 1 is 1.12 bits per heavy atom. The third-order valence-electron chi connectivity index (χ3n) is 4.25. The quantitative estimate of drug-likeness (QED) is 0.889. The van der Waals surface area contributed by atoms with Crippen LogP contribution in [0.4, 0.5) is 5.69 Å². The molecule has 1 aliphatic rings. The van der Waals surface area contributed by atoms with E-state index in [4.69, 9.17) is 9.52 Å². The Labute approximate surface area is 144 Å². The summed E-state index contributed by atoms with van der Waals surface area (Å²) in [6.45, 7) is 0.851. The van der Waals surface area contributed by atoms with Crippen LogP contribution >= 0.6 is 0 Å². The van der Waals surface area contributed by atoms with E-state index in [1.807, 2.05) is 30.3 Å². The molecular weight excluding hydrogens is 324 g/mol. The second-order valence-electron chi connectivity index (χ2n) is 5.93. The van der Waals surface area contributed by atoms with Gasteiger partial charge in [-0.3, -0.25) is 9.59 Å². The second-order valence-corrected chi connectivity index (χ2v) is 5.93. The van der Waals surface area contributed by atoms with Gasteiger partial charge in [0.05, 0.1) is 5.56 Å². The van der Waals surface area contributed by atoms with Gasteiger partial charge in [0.2, 0.25) is 5.91 Å². The first kappa shape index (κ1) is 16.8. The highest BCUT2D eigenvalue weighted by Crippen LogP contribution is 2.21. The Balaban J connectivity index is 1.55. The molecule has 1 aromatic carbocycles. The highest BCUT2D eigenvalue weighted by Gasteiger charge is 2.29. The summed E-state index contributed by atoms with van der Waals surface area (Å²) in [5.41, 5.74) is 0.697. The van der Waals surface area contributed by atoms with Crippen molar-refractivity contribution in [3.05, 3.63) is 54.0 Å². The molecule has 0 atom stereocenters. The van der Waals surface area contributed by atoms with Crippen molar-refractivity contribution in [3.8, 4) is 0 Å². The maximum Gasteiger partial charge on any atom is 0.338 e. The number of furan rings is 1. The second kappa shape index (κ2) is 7.21. The van der Waals surface area contributed by atoms with Crippen molar-refractivity contribution in [3.63, 3.8) is 0 Å². The molecule has 1 fully saturated rings. The van der Waals surface area contributed by atoms with E-state index in [0.717, 1.165) is 12.0 Å². The van der Waals surface area contributed by atoms with Crippen LogP contribution in [0.3, 0.4) is 0 Å². The summed E-state index contributed by atoms with van der Waals surface area (Å²) in [5, 5.41) is 11.8. The van der Waals surface area contributed by atoms with E-state index in [1.165, 1.54) is 6.07 Å². The molecular formula is C18H18N2O5. The number of benzene rings is 1. The molecule has 7 nitrogen and oxygen atoms in total. The molecule has 0 saturated carbocycles. The average Bonchev–Trinajstić information content (AvgIpc) is 3.12. The number of piperidine rings is 1. The molecule has 3 rings (SSSR count). The summed E-state index contributed by atoms with van der Waals surface area (Å²) in [7, 11) is 0. The van der Waals surface area contributed by atoms with Gasteiger partial charge in [-0.15, -0.1) is 0 Å². The number of hydrogen-bond acceptors (Lipinski definition) is 4. The fourth-order valence-corrected chi connectivity index (χ4v) is 2.83. The molecule has 1 aromatic heterocycles. The highest BCUT2D eigenvalue weighted by molar-refractivity contribution is 5.96. The minimum atomic E-state index is -1.14. The van der Waals surface area contributed by atoms with Crippen LogP contribution in [0.25, 0.3) is 0 Å². The molecule has 1 aliphatic heterocycles. The number of hydrogen-bond donors (Lipinski definition) is 2. The van der Waals surface area contributed by atoms with Gasteiger partial charge in [-0.25, -0.2) is 4.79 Å². The lowest BCUT2D eigenvalue weighted by Gasteiger charge is -2.30. The molecule has 2 aromatic rings. The van der Waals surface area contributed by atoms with Crippen molar-refractivity contribution in [2.24, 2.45) is 5.92 Å². The fourth-order valence-electron chi connectivity index (χ4n) is 2.83. The van der Waals surface area contributed by atoms with Gasteiger partial charge < -0.3 is 19.7 Å². The molecule has 130 valence electrons.